The van der Waals surface area contributed by atoms with Crippen LogP contribution in [0.15, 0.2) is 65.7 Å². The van der Waals surface area contributed by atoms with Gasteiger partial charge in [-0.1, -0.05) is 55.5 Å². The Morgan fingerprint density at radius 1 is 1.04 bits per heavy atom. The molecular weight excluding hydrogens is 328 g/mol. The molecule has 1 heterocycles. The Bertz CT molecular complexity index is 917. The molecule has 0 atom stereocenters. The van der Waals surface area contributed by atoms with E-state index >= 15 is 0 Å². The average Bonchev–Trinajstić information content (AvgIpc) is 2.68. The van der Waals surface area contributed by atoms with Gasteiger partial charge in [0.2, 0.25) is 0 Å². The molecule has 0 aliphatic heterocycles. The van der Waals surface area contributed by atoms with Gasteiger partial charge in [0.15, 0.2) is 0 Å². The summed E-state index contributed by atoms with van der Waals surface area (Å²) < 4.78 is 5.51. The Morgan fingerprint density at radius 2 is 1.76 bits per heavy atom. The summed E-state index contributed by atoms with van der Waals surface area (Å²) in [4.78, 5) is 4.74. The van der Waals surface area contributed by atoms with Gasteiger partial charge in [0.05, 0.1) is 18.4 Å². The molecule has 0 aliphatic carbocycles. The van der Waals surface area contributed by atoms with Gasteiger partial charge < -0.3 is 4.74 Å². The number of hydrogen-bond acceptors (Lipinski definition) is 4. The highest BCUT2D eigenvalue weighted by molar-refractivity contribution is 7.99. The van der Waals surface area contributed by atoms with E-state index in [-0.39, 0.29) is 0 Å². The molecule has 124 valence electrons. The van der Waals surface area contributed by atoms with Crippen molar-refractivity contribution in [3.8, 4) is 34.2 Å². The zero-order valence-corrected chi connectivity index (χ0v) is 15.0. The van der Waals surface area contributed by atoms with Crippen LogP contribution in [0.3, 0.4) is 0 Å². The fourth-order valence-electron chi connectivity index (χ4n) is 2.71. The Hall–Kier alpha value is -2.77. The molecule has 2 aromatic carbocycles. The monoisotopic (exact) mass is 346 g/mol. The van der Waals surface area contributed by atoms with Gasteiger partial charge in [0.1, 0.15) is 16.8 Å². The van der Waals surface area contributed by atoms with Gasteiger partial charge in [-0.25, -0.2) is 4.98 Å². The van der Waals surface area contributed by atoms with Crippen LogP contribution in [0.5, 0.6) is 5.75 Å². The van der Waals surface area contributed by atoms with Gasteiger partial charge in [-0.3, -0.25) is 0 Å². The standard InChI is InChI=1S/C21H18N2OS/c1-3-25-21-18(14-22)17(16-11-7-8-12-20(16)24-2)13-19(23-21)15-9-5-4-6-10-15/h4-13H,3H2,1-2H3. The molecule has 0 unspecified atom stereocenters. The van der Waals surface area contributed by atoms with Crippen LogP contribution in [0.25, 0.3) is 22.4 Å². The minimum absolute atomic E-state index is 0.594. The largest absolute Gasteiger partial charge is 0.496 e. The lowest BCUT2D eigenvalue weighted by molar-refractivity contribution is 0.416. The highest BCUT2D eigenvalue weighted by Gasteiger charge is 2.17. The minimum atomic E-state index is 0.594. The van der Waals surface area contributed by atoms with Gasteiger partial charge in [-0.2, -0.15) is 5.26 Å². The van der Waals surface area contributed by atoms with E-state index in [1.165, 1.54) is 0 Å². The van der Waals surface area contributed by atoms with Crippen molar-refractivity contribution >= 4 is 11.8 Å². The van der Waals surface area contributed by atoms with E-state index in [2.05, 4.69) is 13.0 Å². The lowest BCUT2D eigenvalue weighted by Gasteiger charge is -2.14. The fourth-order valence-corrected chi connectivity index (χ4v) is 3.44. The second kappa shape index (κ2) is 7.87. The normalized spacial score (nSPS) is 10.3. The van der Waals surface area contributed by atoms with Crippen molar-refractivity contribution < 1.29 is 4.74 Å². The molecule has 0 aliphatic rings. The topological polar surface area (TPSA) is 45.9 Å². The first-order valence-corrected chi connectivity index (χ1v) is 9.03. The summed E-state index contributed by atoms with van der Waals surface area (Å²) in [6.07, 6.45) is 0. The zero-order valence-electron chi connectivity index (χ0n) is 14.2. The molecule has 0 spiro atoms. The smallest absolute Gasteiger partial charge is 0.126 e. The van der Waals surface area contributed by atoms with Crippen molar-refractivity contribution in [2.24, 2.45) is 0 Å². The summed E-state index contributed by atoms with van der Waals surface area (Å²) in [7, 11) is 1.64. The molecule has 0 saturated carbocycles. The highest BCUT2D eigenvalue weighted by atomic mass is 32.2. The lowest BCUT2D eigenvalue weighted by atomic mass is 9.98. The summed E-state index contributed by atoms with van der Waals surface area (Å²) in [5, 5.41) is 10.5. The number of benzene rings is 2. The predicted octanol–water partition coefficient (Wildman–Crippen LogP) is 5.41. The maximum Gasteiger partial charge on any atom is 0.126 e. The lowest BCUT2D eigenvalue weighted by Crippen LogP contribution is -1.97. The number of nitriles is 1. The third kappa shape index (κ3) is 3.52. The fraction of sp³-hybridized carbons (Fsp3) is 0.143. The molecule has 0 saturated heterocycles. The van der Waals surface area contributed by atoms with E-state index in [9.17, 15) is 5.26 Å². The highest BCUT2D eigenvalue weighted by Crippen LogP contribution is 2.37. The molecule has 1 aromatic heterocycles. The maximum atomic E-state index is 9.77. The summed E-state index contributed by atoms with van der Waals surface area (Å²) >= 11 is 1.58. The van der Waals surface area contributed by atoms with Gasteiger partial charge in [0.25, 0.3) is 0 Å². The first-order valence-electron chi connectivity index (χ1n) is 8.05. The van der Waals surface area contributed by atoms with Gasteiger partial charge in [-0.15, -0.1) is 11.8 Å². The van der Waals surface area contributed by atoms with Crippen molar-refractivity contribution in [2.45, 2.75) is 11.9 Å². The van der Waals surface area contributed by atoms with Crippen LogP contribution in [-0.4, -0.2) is 17.8 Å². The molecule has 0 bridgehead atoms. The van der Waals surface area contributed by atoms with Crippen LogP contribution in [0.4, 0.5) is 0 Å². The number of para-hydroxylation sites is 1. The van der Waals surface area contributed by atoms with Gasteiger partial charge >= 0.3 is 0 Å². The number of ether oxygens (including phenoxy) is 1. The van der Waals surface area contributed by atoms with Crippen LogP contribution in [0, 0.1) is 11.3 Å². The second-order valence-corrected chi connectivity index (χ2v) is 6.60. The molecule has 0 amide bonds. The molecular formula is C21H18N2OS. The molecule has 0 N–H and O–H groups in total. The van der Waals surface area contributed by atoms with Crippen molar-refractivity contribution in [1.29, 1.82) is 5.26 Å². The number of methoxy groups -OCH3 is 1. The van der Waals surface area contributed by atoms with Crippen LogP contribution in [0.1, 0.15) is 12.5 Å². The predicted molar refractivity (Wildman–Crippen MR) is 103 cm³/mol. The quantitative estimate of drug-likeness (QED) is 0.580. The molecule has 25 heavy (non-hydrogen) atoms. The van der Waals surface area contributed by atoms with Crippen LogP contribution >= 0.6 is 11.8 Å². The van der Waals surface area contributed by atoms with E-state index in [1.54, 1.807) is 18.9 Å². The number of nitrogens with zero attached hydrogens (tertiary/aromatic N) is 2. The molecule has 4 heteroatoms. The van der Waals surface area contributed by atoms with Gasteiger partial charge in [0, 0.05) is 16.7 Å². The van der Waals surface area contributed by atoms with Crippen molar-refractivity contribution in [3.05, 3.63) is 66.2 Å². The number of hydrogen-bond donors (Lipinski definition) is 0. The molecule has 0 fully saturated rings. The van der Waals surface area contributed by atoms with E-state index in [4.69, 9.17) is 9.72 Å². The molecule has 3 nitrogen and oxygen atoms in total. The van der Waals surface area contributed by atoms with Crippen LogP contribution < -0.4 is 4.74 Å². The Morgan fingerprint density at radius 3 is 2.44 bits per heavy atom. The molecule has 0 radical (unpaired) electrons. The zero-order chi connectivity index (χ0) is 17.6. The van der Waals surface area contributed by atoms with Crippen molar-refractivity contribution in [3.63, 3.8) is 0 Å². The Labute approximate surface area is 152 Å². The first kappa shape index (κ1) is 17.1. The van der Waals surface area contributed by atoms with Crippen LogP contribution in [-0.2, 0) is 0 Å². The minimum Gasteiger partial charge on any atom is -0.496 e. The number of pyridine rings is 1. The van der Waals surface area contributed by atoms with E-state index < -0.39 is 0 Å². The van der Waals surface area contributed by atoms with Gasteiger partial charge in [-0.05, 0) is 17.9 Å². The summed E-state index contributed by atoms with van der Waals surface area (Å²) in [6, 6.07) is 22.1. The van der Waals surface area contributed by atoms with E-state index in [0.29, 0.717) is 5.56 Å². The molecule has 3 aromatic rings. The third-order valence-corrected chi connectivity index (χ3v) is 4.70. The SMILES string of the molecule is CCSc1nc(-c2ccccc2)cc(-c2ccccc2OC)c1C#N. The average molecular weight is 346 g/mol. The van der Waals surface area contributed by atoms with Crippen molar-refractivity contribution in [2.75, 3.05) is 12.9 Å². The number of thioether (sulfide) groups is 1. The van der Waals surface area contributed by atoms with E-state index in [1.807, 2.05) is 60.7 Å². The Kier molecular flexibility index (Phi) is 5.37. The Balaban J connectivity index is 2.29. The maximum absolute atomic E-state index is 9.77. The molecule has 3 rings (SSSR count). The number of aromatic nitrogens is 1. The summed E-state index contributed by atoms with van der Waals surface area (Å²) in [5.41, 5.74) is 4.23. The van der Waals surface area contributed by atoms with E-state index in [0.717, 1.165) is 38.9 Å². The first-order chi connectivity index (χ1) is 12.3. The third-order valence-electron chi connectivity index (χ3n) is 3.85. The second-order valence-electron chi connectivity index (χ2n) is 5.35. The summed E-state index contributed by atoms with van der Waals surface area (Å²) in [5.74, 6) is 1.60. The van der Waals surface area contributed by atoms with Crippen LogP contribution in [0.2, 0.25) is 0 Å². The summed E-state index contributed by atoms with van der Waals surface area (Å²) in [6.45, 7) is 2.06. The van der Waals surface area contributed by atoms with Crippen molar-refractivity contribution in [1.82, 2.24) is 4.98 Å². The number of rotatable bonds is 5.